The van der Waals surface area contributed by atoms with Gasteiger partial charge in [0.2, 0.25) is 0 Å². The molecule has 2 aliphatic rings. The lowest BCUT2D eigenvalue weighted by Gasteiger charge is -2.35. The molecule has 20 heavy (non-hydrogen) atoms. The van der Waals surface area contributed by atoms with Crippen molar-refractivity contribution in [2.24, 2.45) is 17.3 Å². The van der Waals surface area contributed by atoms with E-state index in [4.69, 9.17) is 0 Å². The van der Waals surface area contributed by atoms with Gasteiger partial charge in [0.25, 0.3) is 0 Å². The maximum atomic E-state index is 11.8. The summed E-state index contributed by atoms with van der Waals surface area (Å²) in [7, 11) is 0. The molecule has 0 heterocycles. The van der Waals surface area contributed by atoms with Crippen LogP contribution in [0.25, 0.3) is 0 Å². The molecule has 0 saturated heterocycles. The van der Waals surface area contributed by atoms with Gasteiger partial charge in [-0.05, 0) is 43.9 Å². The predicted octanol–water partition coefficient (Wildman–Crippen LogP) is 2.37. The quantitative estimate of drug-likeness (QED) is 0.724. The Bertz CT molecular complexity index is 375. The van der Waals surface area contributed by atoms with Gasteiger partial charge in [-0.3, -0.25) is 4.79 Å². The molecule has 0 radical (unpaired) electrons. The molecule has 2 saturated carbocycles. The second-order valence-electron chi connectivity index (χ2n) is 6.61. The Morgan fingerprint density at radius 1 is 1.30 bits per heavy atom. The third-order valence-electron chi connectivity index (χ3n) is 5.04. The first-order valence-corrected chi connectivity index (χ1v) is 7.74. The second-order valence-corrected chi connectivity index (χ2v) is 6.61. The highest BCUT2D eigenvalue weighted by molar-refractivity contribution is 5.78. The van der Waals surface area contributed by atoms with Crippen LogP contribution in [0.15, 0.2) is 0 Å². The number of nitrogens with one attached hydrogen (secondary N) is 2. The molecular weight excluding hydrogens is 256 g/mol. The van der Waals surface area contributed by atoms with E-state index in [1.165, 1.54) is 0 Å². The molecule has 2 unspecified atom stereocenters. The van der Waals surface area contributed by atoms with Crippen molar-refractivity contribution in [3.8, 4) is 0 Å². The first kappa shape index (κ1) is 15.1. The molecule has 2 rings (SSSR count). The van der Waals surface area contributed by atoms with Crippen molar-refractivity contribution in [2.45, 2.75) is 58.4 Å². The number of aliphatic carboxylic acids is 1. The number of urea groups is 1. The summed E-state index contributed by atoms with van der Waals surface area (Å²) in [6.45, 7) is 4.52. The summed E-state index contributed by atoms with van der Waals surface area (Å²) in [4.78, 5) is 23.4. The van der Waals surface area contributed by atoms with Crippen molar-refractivity contribution < 1.29 is 14.7 Å². The summed E-state index contributed by atoms with van der Waals surface area (Å²) in [6, 6.07) is 0.0670. The molecule has 0 aromatic carbocycles. The Morgan fingerprint density at radius 2 is 1.95 bits per heavy atom. The highest BCUT2D eigenvalue weighted by atomic mass is 16.4. The van der Waals surface area contributed by atoms with Crippen LogP contribution in [0, 0.1) is 17.3 Å². The average molecular weight is 282 g/mol. The van der Waals surface area contributed by atoms with Gasteiger partial charge in [0.15, 0.2) is 0 Å². The van der Waals surface area contributed by atoms with Crippen LogP contribution in [0.3, 0.4) is 0 Å². The fraction of sp³-hybridized carbons (Fsp3) is 0.867. The minimum atomic E-state index is -0.775. The van der Waals surface area contributed by atoms with Crippen molar-refractivity contribution in [1.29, 1.82) is 0 Å². The molecule has 2 fully saturated rings. The number of carbonyl (C=O) groups excluding carboxylic acids is 1. The van der Waals surface area contributed by atoms with E-state index in [-0.39, 0.29) is 18.6 Å². The van der Waals surface area contributed by atoms with E-state index in [1.807, 2.05) is 0 Å². The van der Waals surface area contributed by atoms with E-state index in [0.717, 1.165) is 25.7 Å². The predicted molar refractivity (Wildman–Crippen MR) is 76.4 cm³/mol. The number of hydrogen-bond donors (Lipinski definition) is 3. The molecule has 0 bridgehead atoms. The topological polar surface area (TPSA) is 78.4 Å². The Labute approximate surface area is 120 Å². The summed E-state index contributed by atoms with van der Waals surface area (Å²) >= 11 is 0. The highest BCUT2D eigenvalue weighted by Crippen LogP contribution is 2.38. The molecular formula is C15H26N2O3. The van der Waals surface area contributed by atoms with Crippen LogP contribution in [-0.2, 0) is 4.79 Å². The summed E-state index contributed by atoms with van der Waals surface area (Å²) in [6.07, 6.45) is 5.30. The van der Waals surface area contributed by atoms with E-state index in [0.29, 0.717) is 24.7 Å². The third-order valence-corrected chi connectivity index (χ3v) is 5.04. The fourth-order valence-electron chi connectivity index (χ4n) is 3.13. The van der Waals surface area contributed by atoms with E-state index in [1.54, 1.807) is 0 Å². The van der Waals surface area contributed by atoms with Crippen molar-refractivity contribution in [3.05, 3.63) is 0 Å². The van der Waals surface area contributed by atoms with Crippen molar-refractivity contribution in [2.75, 3.05) is 6.54 Å². The molecule has 0 aliphatic heterocycles. The SMILES string of the molecule is CCC1CC1NC(=O)NCC1(C(=O)O)CCC(C)CC1. The minimum Gasteiger partial charge on any atom is -0.481 e. The molecule has 5 heteroatoms. The standard InChI is InChI=1S/C15H26N2O3/c1-3-11-8-12(11)17-14(20)16-9-15(13(18)19)6-4-10(2)5-7-15/h10-12H,3-9H2,1-2H3,(H,18,19)(H2,16,17,20). The smallest absolute Gasteiger partial charge is 0.315 e. The van der Waals surface area contributed by atoms with Crippen molar-refractivity contribution >= 4 is 12.0 Å². The van der Waals surface area contributed by atoms with E-state index < -0.39 is 11.4 Å². The average Bonchev–Trinajstić information content (AvgIpc) is 3.16. The normalized spacial score (nSPS) is 36.2. The number of carbonyl (C=O) groups is 2. The van der Waals surface area contributed by atoms with Crippen LogP contribution in [0.5, 0.6) is 0 Å². The Kier molecular flexibility index (Phi) is 4.55. The van der Waals surface area contributed by atoms with Crippen LogP contribution in [0.4, 0.5) is 4.79 Å². The summed E-state index contributed by atoms with van der Waals surface area (Å²) in [5.41, 5.74) is -0.766. The Hall–Kier alpha value is -1.26. The molecule has 0 aromatic heterocycles. The zero-order chi connectivity index (χ0) is 14.8. The number of amides is 2. The van der Waals surface area contributed by atoms with Crippen molar-refractivity contribution in [3.63, 3.8) is 0 Å². The van der Waals surface area contributed by atoms with Crippen LogP contribution < -0.4 is 10.6 Å². The lowest BCUT2D eigenvalue weighted by Crippen LogP contribution is -2.48. The fourth-order valence-corrected chi connectivity index (χ4v) is 3.13. The van der Waals surface area contributed by atoms with Gasteiger partial charge >= 0.3 is 12.0 Å². The van der Waals surface area contributed by atoms with Crippen LogP contribution in [0.1, 0.15) is 52.4 Å². The van der Waals surface area contributed by atoms with E-state index in [2.05, 4.69) is 24.5 Å². The number of carboxylic acid groups (broad SMARTS) is 1. The maximum Gasteiger partial charge on any atom is 0.315 e. The van der Waals surface area contributed by atoms with Crippen LogP contribution in [-0.4, -0.2) is 29.7 Å². The Morgan fingerprint density at radius 3 is 2.45 bits per heavy atom. The zero-order valence-corrected chi connectivity index (χ0v) is 12.4. The first-order valence-electron chi connectivity index (χ1n) is 7.74. The maximum absolute atomic E-state index is 11.8. The molecule has 2 amide bonds. The first-order chi connectivity index (χ1) is 9.47. The number of rotatable bonds is 5. The molecule has 114 valence electrons. The monoisotopic (exact) mass is 282 g/mol. The highest BCUT2D eigenvalue weighted by Gasteiger charge is 2.42. The second kappa shape index (κ2) is 6.02. The van der Waals surface area contributed by atoms with Gasteiger partial charge < -0.3 is 15.7 Å². The molecule has 0 aromatic rings. The van der Waals surface area contributed by atoms with Gasteiger partial charge in [-0.1, -0.05) is 20.3 Å². The Balaban J connectivity index is 1.80. The lowest BCUT2D eigenvalue weighted by atomic mass is 9.71. The molecule has 2 aliphatic carbocycles. The van der Waals surface area contributed by atoms with Gasteiger partial charge in [0.1, 0.15) is 0 Å². The molecule has 5 nitrogen and oxygen atoms in total. The molecule has 2 atom stereocenters. The van der Waals surface area contributed by atoms with Gasteiger partial charge in [-0.25, -0.2) is 4.79 Å². The largest absolute Gasteiger partial charge is 0.481 e. The molecule has 3 N–H and O–H groups in total. The number of hydrogen-bond acceptors (Lipinski definition) is 2. The van der Waals surface area contributed by atoms with Gasteiger partial charge in [-0.2, -0.15) is 0 Å². The summed E-state index contributed by atoms with van der Waals surface area (Å²) in [5, 5.41) is 15.2. The zero-order valence-electron chi connectivity index (χ0n) is 12.4. The van der Waals surface area contributed by atoms with Crippen molar-refractivity contribution in [1.82, 2.24) is 10.6 Å². The number of carboxylic acids is 1. The van der Waals surface area contributed by atoms with Crippen LogP contribution in [0.2, 0.25) is 0 Å². The molecule has 0 spiro atoms. The van der Waals surface area contributed by atoms with Gasteiger partial charge in [0.05, 0.1) is 5.41 Å². The van der Waals surface area contributed by atoms with Gasteiger partial charge in [0, 0.05) is 12.6 Å². The summed E-state index contributed by atoms with van der Waals surface area (Å²) < 4.78 is 0. The summed E-state index contributed by atoms with van der Waals surface area (Å²) in [5.74, 6) is 0.417. The van der Waals surface area contributed by atoms with Gasteiger partial charge in [-0.15, -0.1) is 0 Å². The lowest BCUT2D eigenvalue weighted by molar-refractivity contribution is -0.151. The van der Waals surface area contributed by atoms with E-state index >= 15 is 0 Å². The van der Waals surface area contributed by atoms with Crippen LogP contribution >= 0.6 is 0 Å². The van der Waals surface area contributed by atoms with E-state index in [9.17, 15) is 14.7 Å². The third kappa shape index (κ3) is 3.44. The minimum absolute atomic E-state index is 0.217.